The first kappa shape index (κ1) is 15.9. The number of hydrogen-bond donors (Lipinski definition) is 1. The summed E-state index contributed by atoms with van der Waals surface area (Å²) >= 11 is 0. The number of nitrogens with one attached hydrogen (secondary N) is 1. The Morgan fingerprint density at radius 2 is 1.86 bits per heavy atom. The van der Waals surface area contributed by atoms with E-state index in [4.69, 9.17) is 9.47 Å². The first-order chi connectivity index (χ1) is 10.6. The van der Waals surface area contributed by atoms with E-state index in [0.29, 0.717) is 0 Å². The average Bonchev–Trinajstić information content (AvgIpc) is 2.55. The summed E-state index contributed by atoms with van der Waals surface area (Å²) in [6, 6.07) is 15.6. The van der Waals surface area contributed by atoms with Gasteiger partial charge in [-0.1, -0.05) is 30.3 Å². The highest BCUT2D eigenvalue weighted by atomic mass is 16.5. The molecule has 116 valence electrons. The van der Waals surface area contributed by atoms with Gasteiger partial charge in [-0.15, -0.1) is 0 Å². The molecule has 0 saturated carbocycles. The number of benzene rings is 2. The summed E-state index contributed by atoms with van der Waals surface area (Å²) in [5.41, 5.74) is 3.14. The van der Waals surface area contributed by atoms with Crippen LogP contribution in [0.25, 0.3) is 0 Å². The Hall–Kier alpha value is -2.49. The fraction of sp³-hybridized carbons (Fsp3) is 0.278. The third kappa shape index (κ3) is 4.01. The lowest BCUT2D eigenvalue weighted by molar-refractivity contribution is -0.141. The van der Waals surface area contributed by atoms with Crippen LogP contribution in [0.2, 0.25) is 0 Å². The minimum absolute atomic E-state index is 0.291. The quantitative estimate of drug-likeness (QED) is 0.832. The maximum absolute atomic E-state index is 11.5. The van der Waals surface area contributed by atoms with Gasteiger partial charge in [0.25, 0.3) is 0 Å². The second-order valence-electron chi connectivity index (χ2n) is 5.08. The van der Waals surface area contributed by atoms with Crippen molar-refractivity contribution in [3.8, 4) is 5.75 Å². The molecule has 0 aliphatic heterocycles. The van der Waals surface area contributed by atoms with E-state index in [0.717, 1.165) is 23.4 Å². The van der Waals surface area contributed by atoms with Gasteiger partial charge in [0, 0.05) is 17.7 Å². The van der Waals surface area contributed by atoms with Gasteiger partial charge in [-0.3, -0.25) is 0 Å². The molecule has 1 atom stereocenters. The van der Waals surface area contributed by atoms with Crippen molar-refractivity contribution in [2.45, 2.75) is 19.4 Å². The number of methoxy groups -OCH3 is 2. The Morgan fingerprint density at radius 1 is 1.14 bits per heavy atom. The molecule has 0 saturated heterocycles. The van der Waals surface area contributed by atoms with Gasteiger partial charge in [-0.2, -0.15) is 0 Å². The predicted molar refractivity (Wildman–Crippen MR) is 87.3 cm³/mol. The summed E-state index contributed by atoms with van der Waals surface area (Å²) in [7, 11) is 3.05. The van der Waals surface area contributed by atoms with Crippen molar-refractivity contribution in [3.05, 3.63) is 59.7 Å². The summed E-state index contributed by atoms with van der Waals surface area (Å²) in [4.78, 5) is 11.5. The molecular formula is C18H21NO3. The molecule has 0 unspecified atom stereocenters. The third-order valence-corrected chi connectivity index (χ3v) is 3.46. The number of ether oxygens (including phenoxy) is 2. The molecule has 0 aromatic heterocycles. The van der Waals surface area contributed by atoms with Crippen molar-refractivity contribution in [1.82, 2.24) is 0 Å². The summed E-state index contributed by atoms with van der Waals surface area (Å²) in [6.07, 6.45) is 0.770. The maximum atomic E-state index is 11.5. The number of carbonyl (C=O) groups excluding carboxylic acids is 1. The van der Waals surface area contributed by atoms with Crippen LogP contribution in [0.3, 0.4) is 0 Å². The number of anilines is 1. The standard InChI is InChI=1S/C18H21NO3/c1-13(18(20)22-3)19-16-9-10-17(21-2)15(12-16)11-14-7-5-4-6-8-14/h4-10,12-13,19H,11H2,1-3H3/t13-/m0/s1. The van der Waals surface area contributed by atoms with E-state index >= 15 is 0 Å². The lowest BCUT2D eigenvalue weighted by Crippen LogP contribution is -2.27. The summed E-state index contributed by atoms with van der Waals surface area (Å²) in [6.45, 7) is 1.77. The minimum atomic E-state index is -0.400. The largest absolute Gasteiger partial charge is 0.496 e. The second kappa shape index (κ2) is 7.50. The molecule has 0 amide bonds. The molecule has 1 N–H and O–H groups in total. The van der Waals surface area contributed by atoms with E-state index in [2.05, 4.69) is 17.4 Å². The molecule has 0 bridgehead atoms. The Kier molecular flexibility index (Phi) is 5.42. The molecule has 4 nitrogen and oxygen atoms in total. The molecule has 2 aromatic rings. The monoisotopic (exact) mass is 299 g/mol. The van der Waals surface area contributed by atoms with Gasteiger partial charge in [0.05, 0.1) is 14.2 Å². The summed E-state index contributed by atoms with van der Waals surface area (Å²) in [5.74, 6) is 0.542. The minimum Gasteiger partial charge on any atom is -0.496 e. The van der Waals surface area contributed by atoms with Crippen molar-refractivity contribution in [2.75, 3.05) is 19.5 Å². The summed E-state index contributed by atoms with van der Waals surface area (Å²) < 4.78 is 10.2. The maximum Gasteiger partial charge on any atom is 0.327 e. The van der Waals surface area contributed by atoms with Crippen LogP contribution in [-0.4, -0.2) is 26.2 Å². The zero-order valence-electron chi connectivity index (χ0n) is 13.1. The van der Waals surface area contributed by atoms with Gasteiger partial charge in [-0.25, -0.2) is 4.79 Å². The third-order valence-electron chi connectivity index (χ3n) is 3.46. The Bertz CT molecular complexity index is 625. The predicted octanol–water partition coefficient (Wildman–Crippen LogP) is 3.26. The molecule has 2 rings (SSSR count). The highest BCUT2D eigenvalue weighted by Gasteiger charge is 2.13. The molecule has 22 heavy (non-hydrogen) atoms. The highest BCUT2D eigenvalue weighted by molar-refractivity contribution is 5.78. The van der Waals surface area contributed by atoms with E-state index in [9.17, 15) is 4.79 Å². The van der Waals surface area contributed by atoms with E-state index in [-0.39, 0.29) is 5.97 Å². The lowest BCUT2D eigenvalue weighted by Gasteiger charge is -2.15. The Labute approximate surface area is 131 Å². The van der Waals surface area contributed by atoms with Crippen LogP contribution < -0.4 is 10.1 Å². The van der Waals surface area contributed by atoms with Crippen LogP contribution in [0.4, 0.5) is 5.69 Å². The van der Waals surface area contributed by atoms with Gasteiger partial charge in [0.1, 0.15) is 11.8 Å². The van der Waals surface area contributed by atoms with Crippen LogP contribution >= 0.6 is 0 Å². The summed E-state index contributed by atoms with van der Waals surface area (Å²) in [5, 5.41) is 3.14. The van der Waals surface area contributed by atoms with Crippen molar-refractivity contribution in [3.63, 3.8) is 0 Å². The molecule has 0 spiro atoms. The van der Waals surface area contributed by atoms with E-state index in [1.54, 1.807) is 14.0 Å². The van der Waals surface area contributed by atoms with Crippen LogP contribution in [0.5, 0.6) is 5.75 Å². The first-order valence-corrected chi connectivity index (χ1v) is 7.19. The first-order valence-electron chi connectivity index (χ1n) is 7.19. The zero-order chi connectivity index (χ0) is 15.9. The molecule has 2 aromatic carbocycles. The van der Waals surface area contributed by atoms with E-state index in [1.807, 2.05) is 36.4 Å². The van der Waals surface area contributed by atoms with Crippen LogP contribution in [0.1, 0.15) is 18.1 Å². The number of hydrogen-bond acceptors (Lipinski definition) is 4. The highest BCUT2D eigenvalue weighted by Crippen LogP contribution is 2.25. The molecule has 0 fully saturated rings. The topological polar surface area (TPSA) is 47.6 Å². The van der Waals surface area contributed by atoms with Crippen LogP contribution in [0, 0.1) is 0 Å². The molecule has 0 heterocycles. The molecular weight excluding hydrogens is 278 g/mol. The van der Waals surface area contributed by atoms with Gasteiger partial charge >= 0.3 is 5.97 Å². The van der Waals surface area contributed by atoms with Crippen LogP contribution in [-0.2, 0) is 16.0 Å². The molecule has 0 aliphatic carbocycles. The second-order valence-corrected chi connectivity index (χ2v) is 5.08. The number of esters is 1. The molecule has 4 heteroatoms. The van der Waals surface area contributed by atoms with Gasteiger partial charge in [0.2, 0.25) is 0 Å². The van der Waals surface area contributed by atoms with E-state index in [1.165, 1.54) is 12.7 Å². The molecule has 0 aliphatic rings. The Balaban J connectivity index is 2.21. The number of rotatable bonds is 6. The van der Waals surface area contributed by atoms with Crippen molar-refractivity contribution in [1.29, 1.82) is 0 Å². The fourth-order valence-electron chi connectivity index (χ4n) is 2.31. The Morgan fingerprint density at radius 3 is 2.50 bits per heavy atom. The number of carbonyl (C=O) groups is 1. The average molecular weight is 299 g/mol. The smallest absolute Gasteiger partial charge is 0.327 e. The van der Waals surface area contributed by atoms with Gasteiger partial charge in [-0.05, 0) is 30.7 Å². The van der Waals surface area contributed by atoms with Gasteiger partial charge < -0.3 is 14.8 Å². The fourth-order valence-corrected chi connectivity index (χ4v) is 2.31. The van der Waals surface area contributed by atoms with Crippen molar-refractivity contribution < 1.29 is 14.3 Å². The molecule has 0 radical (unpaired) electrons. The SMILES string of the molecule is COC(=O)[C@H](C)Nc1ccc(OC)c(Cc2ccccc2)c1. The van der Waals surface area contributed by atoms with E-state index < -0.39 is 6.04 Å². The van der Waals surface area contributed by atoms with Crippen LogP contribution in [0.15, 0.2) is 48.5 Å². The van der Waals surface area contributed by atoms with Crippen molar-refractivity contribution >= 4 is 11.7 Å². The zero-order valence-corrected chi connectivity index (χ0v) is 13.1. The van der Waals surface area contributed by atoms with Crippen molar-refractivity contribution in [2.24, 2.45) is 0 Å². The van der Waals surface area contributed by atoms with Gasteiger partial charge in [0.15, 0.2) is 0 Å². The normalized spacial score (nSPS) is 11.6. The lowest BCUT2D eigenvalue weighted by atomic mass is 10.0.